The second-order valence-corrected chi connectivity index (χ2v) is 2.11. The normalized spacial score (nSPS) is 9.00. The van der Waals surface area contributed by atoms with Crippen molar-refractivity contribution in [1.82, 2.24) is 10.0 Å². The fraction of sp³-hybridized carbons (Fsp3) is 0.667. The maximum Gasteiger partial charge on any atom is 0.228 e. The molecule has 0 aliphatic heterocycles. The Morgan fingerprint density at radius 1 is 1.38 bits per heavy atom. The van der Waals surface area contributed by atoms with Crippen LogP contribution in [0.3, 0.4) is 0 Å². The second-order valence-electron chi connectivity index (χ2n) is 2.11. The Morgan fingerprint density at radius 3 is 2.23 bits per heavy atom. The van der Waals surface area contributed by atoms with Crippen LogP contribution in [0.25, 0.3) is 0 Å². The molecule has 0 aromatic heterocycles. The van der Waals surface area contributed by atoms with Crippen LogP contribution < -0.4 is 5.73 Å². The van der Waals surface area contributed by atoms with Gasteiger partial charge < -0.3 is 5.73 Å². The summed E-state index contributed by atoms with van der Waals surface area (Å²) in [4.78, 5) is 10.4. The van der Waals surface area contributed by atoms with Crippen molar-refractivity contribution in [3.05, 3.63) is 12.3 Å². The summed E-state index contributed by atoms with van der Waals surface area (Å²) in [6.45, 7) is 6.91. The average molecular weight is 187 g/mol. The number of hydrogen-bond donors (Lipinski definition) is 1. The Morgan fingerprint density at radius 2 is 1.92 bits per heavy atom. The van der Waals surface area contributed by atoms with E-state index in [9.17, 15) is 4.79 Å². The number of hydrazine groups is 1. The van der Waals surface area contributed by atoms with Crippen molar-refractivity contribution in [2.75, 3.05) is 20.1 Å². The minimum atomic E-state index is 0.473. The summed E-state index contributed by atoms with van der Waals surface area (Å²) in [5, 5.41) is 3.19. The number of amides is 1. The zero-order valence-corrected chi connectivity index (χ0v) is 9.03. The van der Waals surface area contributed by atoms with Crippen molar-refractivity contribution in [2.45, 2.75) is 20.8 Å². The molecule has 0 saturated heterocycles. The van der Waals surface area contributed by atoms with Gasteiger partial charge in [-0.2, -0.15) is 0 Å². The molecule has 0 rings (SSSR count). The highest BCUT2D eigenvalue weighted by atomic mass is 16.1. The molecule has 13 heavy (non-hydrogen) atoms. The van der Waals surface area contributed by atoms with Crippen molar-refractivity contribution in [3.8, 4) is 0 Å². The molecule has 0 atom stereocenters. The third-order valence-corrected chi connectivity index (χ3v) is 1.25. The molecule has 4 nitrogen and oxygen atoms in total. The van der Waals surface area contributed by atoms with Crippen LogP contribution in [0.15, 0.2) is 12.3 Å². The van der Waals surface area contributed by atoms with Gasteiger partial charge in [-0.3, -0.25) is 14.8 Å². The lowest BCUT2D eigenvalue weighted by Gasteiger charge is -2.26. The molecule has 2 N–H and O–H groups in total. The molecule has 0 aliphatic rings. The molecule has 0 saturated carbocycles. The van der Waals surface area contributed by atoms with E-state index in [1.54, 1.807) is 18.3 Å². The molecule has 0 aliphatic carbocycles. The first kappa shape index (κ1) is 14.5. The molecule has 0 aromatic carbocycles. The summed E-state index contributed by atoms with van der Waals surface area (Å²) in [5.41, 5.74) is 5.29. The molecular formula is C9H21N3O. The van der Waals surface area contributed by atoms with Crippen LogP contribution in [0.2, 0.25) is 0 Å². The molecule has 0 radical (unpaired) electrons. The van der Waals surface area contributed by atoms with Crippen molar-refractivity contribution in [1.29, 1.82) is 0 Å². The minimum Gasteiger partial charge on any atom is -0.329 e. The first-order chi connectivity index (χ1) is 6.26. The van der Waals surface area contributed by atoms with E-state index in [-0.39, 0.29) is 0 Å². The lowest BCUT2D eigenvalue weighted by molar-refractivity contribution is -0.128. The second kappa shape index (κ2) is 11.0. The zero-order valence-electron chi connectivity index (χ0n) is 9.03. The van der Waals surface area contributed by atoms with Gasteiger partial charge in [-0.15, -0.1) is 0 Å². The number of rotatable bonds is 5. The molecule has 78 valence electrons. The van der Waals surface area contributed by atoms with Gasteiger partial charge in [0.2, 0.25) is 6.41 Å². The molecule has 0 unspecified atom stereocenters. The lowest BCUT2D eigenvalue weighted by atomic mass is 10.6. The number of carbonyl (C=O) groups is 1. The molecule has 0 spiro atoms. The van der Waals surface area contributed by atoms with E-state index < -0.39 is 0 Å². The molecular weight excluding hydrogens is 166 g/mol. The highest BCUT2D eigenvalue weighted by Crippen LogP contribution is 1.90. The maximum atomic E-state index is 10.4. The van der Waals surface area contributed by atoms with Crippen LogP contribution in [-0.4, -0.2) is 36.6 Å². The SMILES string of the molecule is C/C=C\N(C)N(C=O)CCN.CC. The van der Waals surface area contributed by atoms with Crippen molar-refractivity contribution in [3.63, 3.8) is 0 Å². The van der Waals surface area contributed by atoms with Gasteiger partial charge in [0.05, 0.1) is 6.54 Å². The smallest absolute Gasteiger partial charge is 0.228 e. The average Bonchev–Trinajstić information content (AvgIpc) is 2.17. The number of nitrogens with zero attached hydrogens (tertiary/aromatic N) is 2. The van der Waals surface area contributed by atoms with Gasteiger partial charge in [0.25, 0.3) is 0 Å². The van der Waals surface area contributed by atoms with Gasteiger partial charge in [-0.05, 0) is 6.92 Å². The number of hydrogen-bond acceptors (Lipinski definition) is 3. The number of allylic oxidation sites excluding steroid dienone is 1. The highest BCUT2D eigenvalue weighted by Gasteiger charge is 2.00. The molecule has 0 aromatic rings. The Bertz CT molecular complexity index is 137. The number of nitrogens with two attached hydrogens (primary N) is 1. The summed E-state index contributed by atoms with van der Waals surface area (Å²) in [6.07, 6.45) is 4.41. The van der Waals surface area contributed by atoms with Crippen LogP contribution in [0.1, 0.15) is 20.8 Å². The van der Waals surface area contributed by atoms with E-state index in [4.69, 9.17) is 5.73 Å². The van der Waals surface area contributed by atoms with E-state index >= 15 is 0 Å². The van der Waals surface area contributed by atoms with E-state index in [1.165, 1.54) is 5.01 Å². The predicted molar refractivity (Wildman–Crippen MR) is 55.7 cm³/mol. The maximum absolute atomic E-state index is 10.4. The van der Waals surface area contributed by atoms with Crippen molar-refractivity contribution < 1.29 is 4.79 Å². The first-order valence-corrected chi connectivity index (χ1v) is 4.53. The predicted octanol–water partition coefficient (Wildman–Crippen LogP) is 0.810. The number of carbonyl (C=O) groups excluding carboxylic acids is 1. The van der Waals surface area contributed by atoms with E-state index in [0.717, 1.165) is 6.41 Å². The van der Waals surface area contributed by atoms with Crippen LogP contribution in [0.4, 0.5) is 0 Å². The summed E-state index contributed by atoms with van der Waals surface area (Å²) >= 11 is 0. The van der Waals surface area contributed by atoms with Crippen LogP contribution in [-0.2, 0) is 4.79 Å². The van der Waals surface area contributed by atoms with Gasteiger partial charge in [0.15, 0.2) is 0 Å². The summed E-state index contributed by atoms with van der Waals surface area (Å²) in [5.74, 6) is 0. The lowest BCUT2D eigenvalue weighted by Crippen LogP contribution is -2.38. The Hall–Kier alpha value is -1.03. The Labute approximate surface area is 81.0 Å². The first-order valence-electron chi connectivity index (χ1n) is 4.53. The standard InChI is InChI=1S/C7H15N3O.C2H6/c1-3-5-9(2)10(7-11)6-4-8;1-2/h3,5,7H,4,6,8H2,1-2H3;1-2H3/b5-3-;. The van der Waals surface area contributed by atoms with Crippen molar-refractivity contribution >= 4 is 6.41 Å². The van der Waals surface area contributed by atoms with Crippen molar-refractivity contribution in [2.24, 2.45) is 5.73 Å². The van der Waals surface area contributed by atoms with E-state index in [0.29, 0.717) is 13.1 Å². The minimum absolute atomic E-state index is 0.473. The van der Waals surface area contributed by atoms with Crippen LogP contribution >= 0.6 is 0 Å². The summed E-state index contributed by atoms with van der Waals surface area (Å²) < 4.78 is 0. The topological polar surface area (TPSA) is 49.6 Å². The summed E-state index contributed by atoms with van der Waals surface area (Å²) in [7, 11) is 1.80. The van der Waals surface area contributed by atoms with Crippen LogP contribution in [0.5, 0.6) is 0 Å². The van der Waals surface area contributed by atoms with Gasteiger partial charge in [0.1, 0.15) is 0 Å². The van der Waals surface area contributed by atoms with Gasteiger partial charge in [-0.25, -0.2) is 0 Å². The van der Waals surface area contributed by atoms with Gasteiger partial charge in [-0.1, -0.05) is 19.9 Å². The molecule has 0 heterocycles. The fourth-order valence-electron chi connectivity index (χ4n) is 0.718. The third kappa shape index (κ3) is 7.33. The molecule has 0 bridgehead atoms. The van der Waals surface area contributed by atoms with Gasteiger partial charge >= 0.3 is 0 Å². The molecule has 4 heteroatoms. The molecule has 1 amide bonds. The largest absolute Gasteiger partial charge is 0.329 e. The van der Waals surface area contributed by atoms with Crippen LogP contribution in [0, 0.1) is 0 Å². The molecule has 0 fully saturated rings. The monoisotopic (exact) mass is 187 g/mol. The Kier molecular flexibility index (Phi) is 12.2. The Balaban J connectivity index is 0. The third-order valence-electron chi connectivity index (χ3n) is 1.25. The van der Waals surface area contributed by atoms with E-state index in [1.807, 2.05) is 26.8 Å². The fourth-order valence-corrected chi connectivity index (χ4v) is 0.718. The van der Waals surface area contributed by atoms with Gasteiger partial charge in [0, 0.05) is 19.8 Å². The van der Waals surface area contributed by atoms with E-state index in [2.05, 4.69) is 0 Å². The zero-order chi connectivity index (χ0) is 10.7. The highest BCUT2D eigenvalue weighted by molar-refractivity contribution is 5.46. The quantitative estimate of drug-likeness (QED) is 0.512. The summed E-state index contributed by atoms with van der Waals surface area (Å²) in [6, 6.07) is 0.